The van der Waals surface area contributed by atoms with Crippen LogP contribution < -0.4 is 10.6 Å². The molecule has 3 aromatic carbocycles. The van der Waals surface area contributed by atoms with Crippen LogP contribution >= 0.6 is 0 Å². The van der Waals surface area contributed by atoms with Crippen molar-refractivity contribution in [1.29, 1.82) is 5.26 Å². The van der Waals surface area contributed by atoms with Crippen LogP contribution in [-0.4, -0.2) is 29.8 Å². The molecule has 0 radical (unpaired) electrons. The zero-order chi connectivity index (χ0) is 23.9. The van der Waals surface area contributed by atoms with E-state index in [1.165, 1.54) is 0 Å². The number of H-pyrrole nitrogens is 1. The van der Waals surface area contributed by atoms with Crippen molar-refractivity contribution < 1.29 is 9.59 Å². The molecule has 0 unspecified atom stereocenters. The number of carbonyl (C=O) groups is 2. The quantitative estimate of drug-likeness (QED) is 0.326. The summed E-state index contributed by atoms with van der Waals surface area (Å²) < 4.78 is 0. The standard InChI is InChI=1S/C28H26N4O2/c1-2-30-28(34)22-12-13-23-24(18-32-25(23)16-22)27(33)26(21-6-4-3-5-7-21)31-15-14-19-8-10-20(17-29)11-9-19/h3-13,16,18,26,31-32H,2,14-15H2,1H3,(H,30,34)/t26-/m0/s1. The van der Waals surface area contributed by atoms with Gasteiger partial charge < -0.3 is 15.6 Å². The van der Waals surface area contributed by atoms with Gasteiger partial charge in [-0.25, -0.2) is 0 Å². The van der Waals surface area contributed by atoms with Gasteiger partial charge in [0.2, 0.25) is 0 Å². The van der Waals surface area contributed by atoms with Gasteiger partial charge in [-0.15, -0.1) is 0 Å². The van der Waals surface area contributed by atoms with E-state index in [0.29, 0.717) is 29.8 Å². The van der Waals surface area contributed by atoms with Crippen LogP contribution in [0.5, 0.6) is 0 Å². The lowest BCUT2D eigenvalue weighted by Crippen LogP contribution is -2.30. The molecule has 0 bridgehead atoms. The minimum absolute atomic E-state index is 0.0389. The summed E-state index contributed by atoms with van der Waals surface area (Å²) in [6, 6.07) is 24.1. The van der Waals surface area contributed by atoms with Crippen LogP contribution in [0.25, 0.3) is 10.9 Å². The lowest BCUT2D eigenvalue weighted by molar-refractivity contribution is 0.0941. The molecule has 0 saturated carbocycles. The highest BCUT2D eigenvalue weighted by Crippen LogP contribution is 2.26. The molecule has 0 spiro atoms. The highest BCUT2D eigenvalue weighted by Gasteiger charge is 2.24. The van der Waals surface area contributed by atoms with E-state index in [1.54, 1.807) is 30.5 Å². The molecule has 4 aromatic rings. The van der Waals surface area contributed by atoms with Crippen molar-refractivity contribution in [2.45, 2.75) is 19.4 Å². The number of amides is 1. The van der Waals surface area contributed by atoms with Crippen LogP contribution in [0.4, 0.5) is 0 Å². The summed E-state index contributed by atoms with van der Waals surface area (Å²) in [6.07, 6.45) is 2.44. The number of aromatic nitrogens is 1. The Balaban J connectivity index is 1.56. The van der Waals surface area contributed by atoms with E-state index in [9.17, 15) is 9.59 Å². The number of hydrogen-bond acceptors (Lipinski definition) is 4. The molecule has 34 heavy (non-hydrogen) atoms. The Morgan fingerprint density at radius 3 is 2.50 bits per heavy atom. The Morgan fingerprint density at radius 2 is 1.79 bits per heavy atom. The number of ketones is 1. The summed E-state index contributed by atoms with van der Waals surface area (Å²) in [5, 5.41) is 16.0. The fourth-order valence-corrected chi connectivity index (χ4v) is 4.00. The lowest BCUT2D eigenvalue weighted by atomic mass is 9.96. The fraction of sp³-hybridized carbons (Fsp3) is 0.179. The molecule has 1 aromatic heterocycles. The average Bonchev–Trinajstić information content (AvgIpc) is 3.31. The SMILES string of the molecule is CCNC(=O)c1ccc2c(C(=O)[C@@H](NCCc3ccc(C#N)cc3)c3ccccc3)c[nH]c2c1. The Hall–Kier alpha value is -4.21. The molecule has 170 valence electrons. The third-order valence-corrected chi connectivity index (χ3v) is 5.79. The molecular formula is C28H26N4O2. The minimum atomic E-state index is -0.512. The first-order valence-corrected chi connectivity index (χ1v) is 11.3. The number of carbonyl (C=O) groups excluding carboxylic acids is 2. The smallest absolute Gasteiger partial charge is 0.251 e. The van der Waals surface area contributed by atoms with Crippen molar-refractivity contribution in [3.05, 3.63) is 107 Å². The maximum absolute atomic E-state index is 13.7. The molecule has 0 saturated heterocycles. The second-order valence-corrected chi connectivity index (χ2v) is 8.04. The van der Waals surface area contributed by atoms with E-state index in [1.807, 2.05) is 55.5 Å². The monoisotopic (exact) mass is 450 g/mol. The van der Waals surface area contributed by atoms with E-state index in [4.69, 9.17) is 5.26 Å². The van der Waals surface area contributed by atoms with Crippen molar-refractivity contribution in [3.63, 3.8) is 0 Å². The van der Waals surface area contributed by atoms with Crippen LogP contribution in [-0.2, 0) is 6.42 Å². The molecule has 1 amide bonds. The number of hydrogen-bond donors (Lipinski definition) is 3. The van der Waals surface area contributed by atoms with Crippen molar-refractivity contribution in [3.8, 4) is 6.07 Å². The van der Waals surface area contributed by atoms with Crippen molar-refractivity contribution in [2.75, 3.05) is 13.1 Å². The first kappa shape index (κ1) is 23.0. The number of nitrogens with zero attached hydrogens (tertiary/aromatic N) is 1. The van der Waals surface area contributed by atoms with Gasteiger partial charge in [0.05, 0.1) is 17.7 Å². The number of aromatic amines is 1. The maximum Gasteiger partial charge on any atom is 0.251 e. The molecule has 0 aliphatic rings. The minimum Gasteiger partial charge on any atom is -0.360 e. The summed E-state index contributed by atoms with van der Waals surface area (Å²) in [5.41, 5.74) is 4.49. The number of nitriles is 1. The van der Waals surface area contributed by atoms with Gasteiger partial charge in [-0.05, 0) is 48.7 Å². The molecule has 6 heteroatoms. The summed E-state index contributed by atoms with van der Waals surface area (Å²) in [4.78, 5) is 29.0. The van der Waals surface area contributed by atoms with Gasteiger partial charge in [0.1, 0.15) is 0 Å². The van der Waals surface area contributed by atoms with E-state index in [-0.39, 0.29) is 11.7 Å². The summed E-state index contributed by atoms with van der Waals surface area (Å²) >= 11 is 0. The topological polar surface area (TPSA) is 97.8 Å². The van der Waals surface area contributed by atoms with Gasteiger partial charge in [0.25, 0.3) is 5.91 Å². The van der Waals surface area contributed by atoms with E-state index < -0.39 is 6.04 Å². The average molecular weight is 451 g/mol. The first-order chi connectivity index (χ1) is 16.6. The van der Waals surface area contributed by atoms with E-state index in [2.05, 4.69) is 21.7 Å². The Bertz CT molecular complexity index is 1330. The summed E-state index contributed by atoms with van der Waals surface area (Å²) in [6.45, 7) is 3.03. The lowest BCUT2D eigenvalue weighted by Gasteiger charge is -2.18. The molecule has 0 aliphatic carbocycles. The van der Waals surface area contributed by atoms with Crippen LogP contribution in [0, 0.1) is 11.3 Å². The number of Topliss-reactive ketones (excluding diaryl/α,β-unsaturated/α-hetero) is 1. The van der Waals surface area contributed by atoms with E-state index >= 15 is 0 Å². The third-order valence-electron chi connectivity index (χ3n) is 5.79. The molecule has 1 heterocycles. The molecule has 3 N–H and O–H groups in total. The van der Waals surface area contributed by atoms with Crippen molar-refractivity contribution >= 4 is 22.6 Å². The van der Waals surface area contributed by atoms with Gasteiger partial charge in [0, 0.05) is 41.3 Å². The number of rotatable bonds is 9. The first-order valence-electron chi connectivity index (χ1n) is 11.3. The van der Waals surface area contributed by atoms with E-state index in [0.717, 1.165) is 28.5 Å². The van der Waals surface area contributed by atoms with Crippen LogP contribution in [0.3, 0.4) is 0 Å². The third kappa shape index (κ3) is 5.06. The Labute approximate surface area is 198 Å². The zero-order valence-electron chi connectivity index (χ0n) is 19.0. The highest BCUT2D eigenvalue weighted by molar-refractivity contribution is 6.11. The summed E-state index contributed by atoms with van der Waals surface area (Å²) in [5.74, 6) is -0.179. The highest BCUT2D eigenvalue weighted by atomic mass is 16.1. The second-order valence-electron chi connectivity index (χ2n) is 8.04. The normalized spacial score (nSPS) is 11.6. The zero-order valence-corrected chi connectivity index (χ0v) is 19.0. The van der Waals surface area contributed by atoms with Crippen molar-refractivity contribution in [1.82, 2.24) is 15.6 Å². The molecule has 0 aliphatic heterocycles. The largest absolute Gasteiger partial charge is 0.360 e. The predicted molar refractivity (Wildman–Crippen MR) is 133 cm³/mol. The molecule has 0 fully saturated rings. The number of nitrogens with one attached hydrogen (secondary N) is 3. The van der Waals surface area contributed by atoms with Crippen LogP contribution in [0.1, 0.15) is 50.4 Å². The van der Waals surface area contributed by atoms with Crippen LogP contribution in [0.15, 0.2) is 79.0 Å². The van der Waals surface area contributed by atoms with Crippen LogP contribution in [0.2, 0.25) is 0 Å². The van der Waals surface area contributed by atoms with Crippen molar-refractivity contribution in [2.24, 2.45) is 0 Å². The summed E-state index contributed by atoms with van der Waals surface area (Å²) in [7, 11) is 0. The van der Waals surface area contributed by atoms with Gasteiger partial charge in [-0.3, -0.25) is 9.59 Å². The number of fused-ring (bicyclic) bond motifs is 1. The second kappa shape index (κ2) is 10.6. The fourth-order valence-electron chi connectivity index (χ4n) is 4.00. The number of benzene rings is 3. The molecular weight excluding hydrogens is 424 g/mol. The maximum atomic E-state index is 13.7. The molecule has 1 atom stereocenters. The van der Waals surface area contributed by atoms with Gasteiger partial charge in [0.15, 0.2) is 5.78 Å². The van der Waals surface area contributed by atoms with Gasteiger partial charge in [-0.1, -0.05) is 48.5 Å². The molecule has 6 nitrogen and oxygen atoms in total. The Morgan fingerprint density at radius 1 is 1.03 bits per heavy atom. The van der Waals surface area contributed by atoms with Gasteiger partial charge in [-0.2, -0.15) is 5.26 Å². The predicted octanol–water partition coefficient (Wildman–Crippen LogP) is 4.55. The molecule has 4 rings (SSSR count). The van der Waals surface area contributed by atoms with Gasteiger partial charge >= 0.3 is 0 Å². The Kier molecular flexibility index (Phi) is 7.16.